The summed E-state index contributed by atoms with van der Waals surface area (Å²) in [5, 5.41) is 2.78. The molecule has 1 atom stereocenters. The van der Waals surface area contributed by atoms with Crippen molar-refractivity contribution >= 4 is 11.9 Å². The van der Waals surface area contributed by atoms with Crippen molar-refractivity contribution in [3.05, 3.63) is 71.5 Å². The Balaban J connectivity index is 1.59. The lowest BCUT2D eigenvalue weighted by molar-refractivity contribution is -0.154. The van der Waals surface area contributed by atoms with Crippen LogP contribution in [0.2, 0.25) is 0 Å². The quantitative estimate of drug-likeness (QED) is 0.782. The molecule has 1 N–H and O–H groups in total. The van der Waals surface area contributed by atoms with E-state index in [1.54, 1.807) is 19.1 Å². The normalized spacial score (nSPS) is 16.5. The minimum absolute atomic E-state index is 0.300. The van der Waals surface area contributed by atoms with Crippen LogP contribution in [0, 0.1) is 5.82 Å². The lowest BCUT2D eigenvalue weighted by Crippen LogP contribution is -2.38. The highest BCUT2D eigenvalue weighted by Gasteiger charge is 2.44. The zero-order valence-corrected chi connectivity index (χ0v) is 15.4. The Morgan fingerprint density at radius 2 is 1.70 bits per heavy atom. The Hall–Kier alpha value is -2.69. The Morgan fingerprint density at radius 3 is 2.33 bits per heavy atom. The Kier molecular flexibility index (Phi) is 5.89. The molecule has 27 heavy (non-hydrogen) atoms. The third-order valence-corrected chi connectivity index (χ3v) is 5.26. The number of hydrogen-bond acceptors (Lipinski definition) is 3. The van der Waals surface area contributed by atoms with Crippen LogP contribution in [-0.4, -0.2) is 18.5 Å². The second-order valence-electron chi connectivity index (χ2n) is 7.07. The number of ether oxygens (including phenoxy) is 1. The van der Waals surface area contributed by atoms with Crippen molar-refractivity contribution in [2.45, 2.75) is 44.1 Å². The van der Waals surface area contributed by atoms with Crippen LogP contribution < -0.4 is 5.32 Å². The van der Waals surface area contributed by atoms with Crippen molar-refractivity contribution in [3.8, 4) is 0 Å². The maximum atomic E-state index is 13.0. The summed E-state index contributed by atoms with van der Waals surface area (Å²) in [6.45, 7) is 1.48. The fourth-order valence-electron chi connectivity index (χ4n) is 3.73. The summed E-state index contributed by atoms with van der Waals surface area (Å²) in [5.74, 6) is -1.04. The number of carbonyl (C=O) groups excluding carboxylic acids is 2. The zero-order valence-electron chi connectivity index (χ0n) is 15.4. The van der Waals surface area contributed by atoms with Gasteiger partial charge in [0.15, 0.2) is 6.61 Å². The van der Waals surface area contributed by atoms with Gasteiger partial charge in [-0.25, -0.2) is 4.39 Å². The maximum absolute atomic E-state index is 13.0. The Bertz CT molecular complexity index is 783. The third-order valence-electron chi connectivity index (χ3n) is 5.26. The van der Waals surface area contributed by atoms with E-state index >= 15 is 0 Å². The van der Waals surface area contributed by atoms with E-state index in [1.807, 2.05) is 30.3 Å². The molecule has 2 aromatic rings. The van der Waals surface area contributed by atoms with Gasteiger partial charge in [-0.15, -0.1) is 0 Å². The molecule has 0 heterocycles. The fourth-order valence-corrected chi connectivity index (χ4v) is 3.73. The standard InChI is InChI=1S/C22H24FNO3/c1-16(17-9-11-19(23)12-10-17)24-20(25)15-27-21(26)22(13-5-6-14-22)18-7-3-2-4-8-18/h2-4,7-12,16H,5-6,13-15H2,1H3,(H,24,25)/t16-/m0/s1. The average Bonchev–Trinajstić information content (AvgIpc) is 3.18. The van der Waals surface area contributed by atoms with Gasteiger partial charge in [0.05, 0.1) is 11.5 Å². The highest BCUT2D eigenvalue weighted by molar-refractivity contribution is 5.86. The number of halogens is 1. The van der Waals surface area contributed by atoms with E-state index in [-0.39, 0.29) is 30.3 Å². The van der Waals surface area contributed by atoms with E-state index in [0.717, 1.165) is 36.8 Å². The number of carbonyl (C=O) groups is 2. The second kappa shape index (κ2) is 8.33. The third kappa shape index (κ3) is 4.35. The van der Waals surface area contributed by atoms with Crippen LogP contribution in [0.15, 0.2) is 54.6 Å². The molecule has 0 spiro atoms. The largest absolute Gasteiger partial charge is 0.455 e. The van der Waals surface area contributed by atoms with Crippen molar-refractivity contribution in [2.24, 2.45) is 0 Å². The Labute approximate surface area is 158 Å². The monoisotopic (exact) mass is 369 g/mol. The van der Waals surface area contributed by atoms with Crippen molar-refractivity contribution in [1.82, 2.24) is 5.32 Å². The highest BCUT2D eigenvalue weighted by atomic mass is 19.1. The highest BCUT2D eigenvalue weighted by Crippen LogP contribution is 2.42. The van der Waals surface area contributed by atoms with Crippen LogP contribution in [0.3, 0.4) is 0 Å². The Morgan fingerprint density at radius 1 is 1.07 bits per heavy atom. The molecule has 0 saturated heterocycles. The number of esters is 1. The van der Waals surface area contributed by atoms with Crippen LogP contribution in [0.4, 0.5) is 4.39 Å². The second-order valence-corrected chi connectivity index (χ2v) is 7.07. The molecule has 0 unspecified atom stereocenters. The van der Waals surface area contributed by atoms with Gasteiger partial charge in [0.2, 0.25) is 0 Å². The van der Waals surface area contributed by atoms with Gasteiger partial charge in [-0.2, -0.15) is 0 Å². The predicted molar refractivity (Wildman–Crippen MR) is 101 cm³/mol. The van der Waals surface area contributed by atoms with Crippen LogP contribution in [0.25, 0.3) is 0 Å². The number of nitrogens with one attached hydrogen (secondary N) is 1. The zero-order chi connectivity index (χ0) is 19.3. The molecule has 1 aliphatic rings. The van der Waals surface area contributed by atoms with Crippen LogP contribution >= 0.6 is 0 Å². The lowest BCUT2D eigenvalue weighted by atomic mass is 9.79. The molecule has 1 saturated carbocycles. The molecule has 1 amide bonds. The van der Waals surface area contributed by atoms with Gasteiger partial charge in [-0.3, -0.25) is 9.59 Å². The molecule has 2 aromatic carbocycles. The molecular weight excluding hydrogens is 345 g/mol. The topological polar surface area (TPSA) is 55.4 Å². The van der Waals surface area contributed by atoms with Gasteiger partial charge in [0.25, 0.3) is 5.91 Å². The van der Waals surface area contributed by atoms with E-state index in [9.17, 15) is 14.0 Å². The number of amides is 1. The summed E-state index contributed by atoms with van der Waals surface area (Å²) < 4.78 is 18.4. The van der Waals surface area contributed by atoms with Gasteiger partial charge in [-0.1, -0.05) is 55.3 Å². The minimum Gasteiger partial charge on any atom is -0.455 e. The minimum atomic E-state index is -0.649. The van der Waals surface area contributed by atoms with Gasteiger partial charge in [0.1, 0.15) is 5.82 Å². The summed E-state index contributed by atoms with van der Waals surface area (Å²) in [6.07, 6.45) is 3.42. The molecule has 3 rings (SSSR count). The molecule has 0 radical (unpaired) electrons. The summed E-state index contributed by atoms with van der Waals surface area (Å²) in [6, 6.07) is 15.3. The maximum Gasteiger partial charge on any atom is 0.317 e. The summed E-state index contributed by atoms with van der Waals surface area (Å²) in [7, 11) is 0. The smallest absolute Gasteiger partial charge is 0.317 e. The van der Waals surface area contributed by atoms with Crippen LogP contribution in [-0.2, 0) is 19.7 Å². The van der Waals surface area contributed by atoms with Crippen molar-refractivity contribution < 1.29 is 18.7 Å². The van der Waals surface area contributed by atoms with E-state index in [1.165, 1.54) is 12.1 Å². The molecule has 1 fully saturated rings. The fraction of sp³-hybridized carbons (Fsp3) is 0.364. The summed E-state index contributed by atoms with van der Waals surface area (Å²) in [4.78, 5) is 25.0. The molecule has 142 valence electrons. The van der Waals surface area contributed by atoms with Gasteiger partial charge in [0, 0.05) is 0 Å². The number of benzene rings is 2. The van der Waals surface area contributed by atoms with Crippen molar-refractivity contribution in [3.63, 3.8) is 0 Å². The number of hydrogen-bond donors (Lipinski definition) is 1. The van der Waals surface area contributed by atoms with Gasteiger partial charge < -0.3 is 10.1 Å². The van der Waals surface area contributed by atoms with Gasteiger partial charge in [-0.05, 0) is 43.0 Å². The molecule has 0 aromatic heterocycles. The first-order valence-electron chi connectivity index (χ1n) is 9.29. The van der Waals surface area contributed by atoms with Crippen LogP contribution in [0.1, 0.15) is 49.8 Å². The van der Waals surface area contributed by atoms with E-state index in [2.05, 4.69) is 5.32 Å². The molecule has 1 aliphatic carbocycles. The van der Waals surface area contributed by atoms with Crippen molar-refractivity contribution in [2.75, 3.05) is 6.61 Å². The first kappa shape index (κ1) is 19.1. The molecule has 0 aliphatic heterocycles. The van der Waals surface area contributed by atoms with E-state index < -0.39 is 5.41 Å². The first-order valence-corrected chi connectivity index (χ1v) is 9.29. The lowest BCUT2D eigenvalue weighted by Gasteiger charge is -2.27. The van der Waals surface area contributed by atoms with Crippen molar-refractivity contribution in [1.29, 1.82) is 0 Å². The predicted octanol–water partition coefficient (Wildman–Crippen LogP) is 4.06. The van der Waals surface area contributed by atoms with Gasteiger partial charge >= 0.3 is 5.97 Å². The van der Waals surface area contributed by atoms with E-state index in [4.69, 9.17) is 4.74 Å². The average molecular weight is 369 g/mol. The molecule has 5 heteroatoms. The first-order chi connectivity index (χ1) is 13.0. The van der Waals surface area contributed by atoms with Crippen LogP contribution in [0.5, 0.6) is 0 Å². The number of rotatable bonds is 6. The molecule has 0 bridgehead atoms. The summed E-state index contributed by atoms with van der Waals surface area (Å²) in [5.41, 5.74) is 1.09. The molecular formula is C22H24FNO3. The molecule has 4 nitrogen and oxygen atoms in total. The summed E-state index contributed by atoms with van der Waals surface area (Å²) >= 11 is 0. The SMILES string of the molecule is C[C@H](NC(=O)COC(=O)C1(c2ccccc2)CCCC1)c1ccc(F)cc1. The van der Waals surface area contributed by atoms with E-state index in [0.29, 0.717) is 0 Å².